The number of carbonyl (C=O) groups is 1. The molecule has 0 amide bonds. The Balaban J connectivity index is 1.84. The molecule has 1 fully saturated rings. The molecular formula is C17H22O4. The molecule has 0 radical (unpaired) electrons. The van der Waals surface area contributed by atoms with Crippen molar-refractivity contribution in [3.63, 3.8) is 0 Å². The van der Waals surface area contributed by atoms with Gasteiger partial charge >= 0.3 is 0 Å². The van der Waals surface area contributed by atoms with E-state index < -0.39 is 12.4 Å². The highest BCUT2D eigenvalue weighted by atomic mass is 16.7. The molecule has 1 heterocycles. The molecule has 0 aromatic heterocycles. The minimum atomic E-state index is -0.697. The first-order valence-corrected chi connectivity index (χ1v) is 7.70. The fourth-order valence-corrected chi connectivity index (χ4v) is 3.23. The lowest BCUT2D eigenvalue weighted by Crippen LogP contribution is -2.44. The number of ketones is 1. The molecule has 4 atom stereocenters. The molecule has 2 aliphatic rings. The standard InChI is InChI=1S/C17H22O4/c1-3-15(19)17-20-9-14-13-8-12(10(2)18)5-4-11(13)6-7-16(14)21-17/h4-5,8,10,14,16-18H,3,6-7,9H2,1-2H3. The summed E-state index contributed by atoms with van der Waals surface area (Å²) in [4.78, 5) is 11.7. The van der Waals surface area contributed by atoms with Crippen LogP contribution in [0.15, 0.2) is 18.2 Å². The molecule has 4 unspecified atom stereocenters. The van der Waals surface area contributed by atoms with Gasteiger partial charge in [-0.15, -0.1) is 0 Å². The predicted molar refractivity (Wildman–Crippen MR) is 78.0 cm³/mol. The van der Waals surface area contributed by atoms with Gasteiger partial charge in [-0.1, -0.05) is 25.1 Å². The van der Waals surface area contributed by atoms with Crippen LogP contribution in [0, 0.1) is 0 Å². The molecule has 0 spiro atoms. The van der Waals surface area contributed by atoms with Crippen molar-refractivity contribution in [2.75, 3.05) is 6.61 Å². The van der Waals surface area contributed by atoms with Crippen molar-refractivity contribution < 1.29 is 19.4 Å². The van der Waals surface area contributed by atoms with E-state index in [0.717, 1.165) is 18.4 Å². The van der Waals surface area contributed by atoms with Crippen LogP contribution in [0.1, 0.15) is 55.4 Å². The summed E-state index contributed by atoms with van der Waals surface area (Å²) in [5.41, 5.74) is 3.42. The Morgan fingerprint density at radius 1 is 1.48 bits per heavy atom. The molecule has 1 aliphatic heterocycles. The molecule has 0 saturated carbocycles. The SMILES string of the molecule is CCC(=O)C1OCC2c3cc(C(C)O)ccc3CCC2O1. The third-order valence-corrected chi connectivity index (χ3v) is 4.54. The fraction of sp³-hybridized carbons (Fsp3) is 0.588. The number of rotatable bonds is 3. The molecule has 1 N–H and O–H groups in total. The summed E-state index contributed by atoms with van der Waals surface area (Å²) in [6.45, 7) is 4.11. The number of ether oxygens (including phenoxy) is 2. The number of carbonyl (C=O) groups excluding carboxylic acids is 1. The van der Waals surface area contributed by atoms with Crippen LogP contribution in [0.3, 0.4) is 0 Å². The Morgan fingerprint density at radius 2 is 2.29 bits per heavy atom. The lowest BCUT2D eigenvalue weighted by molar-refractivity contribution is -0.220. The molecule has 1 saturated heterocycles. The first kappa shape index (κ1) is 14.7. The Bertz CT molecular complexity index is 538. The van der Waals surface area contributed by atoms with Crippen LogP contribution in [-0.4, -0.2) is 29.9 Å². The number of aliphatic hydroxyl groups is 1. The van der Waals surface area contributed by atoms with Gasteiger partial charge in [0.25, 0.3) is 0 Å². The number of aryl methyl sites for hydroxylation is 1. The van der Waals surface area contributed by atoms with Crippen LogP contribution in [0.25, 0.3) is 0 Å². The van der Waals surface area contributed by atoms with Crippen molar-refractivity contribution in [3.8, 4) is 0 Å². The summed E-state index contributed by atoms with van der Waals surface area (Å²) in [5, 5.41) is 9.76. The van der Waals surface area contributed by atoms with Crippen molar-refractivity contribution in [2.24, 2.45) is 0 Å². The molecule has 1 aromatic rings. The maximum Gasteiger partial charge on any atom is 0.218 e. The summed E-state index contributed by atoms with van der Waals surface area (Å²) in [7, 11) is 0. The van der Waals surface area contributed by atoms with Gasteiger partial charge < -0.3 is 14.6 Å². The summed E-state index contributed by atoms with van der Waals surface area (Å²) in [6.07, 6.45) is 1.17. The van der Waals surface area contributed by atoms with Gasteiger partial charge in [0.15, 0.2) is 5.78 Å². The highest BCUT2D eigenvalue weighted by Gasteiger charge is 2.38. The van der Waals surface area contributed by atoms with E-state index in [0.29, 0.717) is 13.0 Å². The van der Waals surface area contributed by atoms with E-state index in [9.17, 15) is 9.90 Å². The van der Waals surface area contributed by atoms with E-state index in [1.54, 1.807) is 6.92 Å². The lowest BCUT2D eigenvalue weighted by Gasteiger charge is -2.40. The van der Waals surface area contributed by atoms with Crippen LogP contribution in [0.4, 0.5) is 0 Å². The van der Waals surface area contributed by atoms with Gasteiger partial charge in [-0.25, -0.2) is 0 Å². The van der Waals surface area contributed by atoms with Crippen molar-refractivity contribution in [3.05, 3.63) is 34.9 Å². The topological polar surface area (TPSA) is 55.8 Å². The van der Waals surface area contributed by atoms with Gasteiger partial charge in [-0.05, 0) is 36.5 Å². The van der Waals surface area contributed by atoms with Crippen molar-refractivity contribution in [1.82, 2.24) is 0 Å². The van der Waals surface area contributed by atoms with E-state index >= 15 is 0 Å². The van der Waals surface area contributed by atoms with Gasteiger partial charge in [-0.3, -0.25) is 4.79 Å². The predicted octanol–water partition coefficient (Wildman–Crippen LogP) is 2.49. The molecule has 1 aliphatic carbocycles. The van der Waals surface area contributed by atoms with Crippen LogP contribution < -0.4 is 0 Å². The highest BCUT2D eigenvalue weighted by Crippen LogP contribution is 2.38. The molecule has 0 bridgehead atoms. The van der Waals surface area contributed by atoms with Crippen molar-refractivity contribution in [1.29, 1.82) is 0 Å². The van der Waals surface area contributed by atoms with Gasteiger partial charge in [0.05, 0.1) is 18.8 Å². The van der Waals surface area contributed by atoms with Gasteiger partial charge in [0.1, 0.15) is 0 Å². The first-order valence-electron chi connectivity index (χ1n) is 7.70. The fourth-order valence-electron chi connectivity index (χ4n) is 3.23. The Kier molecular flexibility index (Phi) is 4.11. The summed E-state index contributed by atoms with van der Waals surface area (Å²) >= 11 is 0. The zero-order valence-electron chi connectivity index (χ0n) is 12.5. The minimum absolute atomic E-state index is 0.0111. The van der Waals surface area contributed by atoms with E-state index in [1.165, 1.54) is 11.1 Å². The third kappa shape index (κ3) is 2.76. The molecule has 3 rings (SSSR count). The smallest absolute Gasteiger partial charge is 0.218 e. The number of hydrogen-bond donors (Lipinski definition) is 1. The molecule has 21 heavy (non-hydrogen) atoms. The van der Waals surface area contributed by atoms with Gasteiger partial charge in [0, 0.05) is 12.3 Å². The molecule has 1 aromatic carbocycles. The quantitative estimate of drug-likeness (QED) is 0.929. The zero-order valence-corrected chi connectivity index (χ0v) is 12.5. The second-order valence-electron chi connectivity index (χ2n) is 5.94. The minimum Gasteiger partial charge on any atom is -0.389 e. The van der Waals surface area contributed by atoms with E-state index in [2.05, 4.69) is 12.1 Å². The Hall–Kier alpha value is -1.23. The van der Waals surface area contributed by atoms with Crippen LogP contribution >= 0.6 is 0 Å². The average Bonchev–Trinajstić information content (AvgIpc) is 2.52. The monoisotopic (exact) mass is 290 g/mol. The second kappa shape index (κ2) is 5.87. The average molecular weight is 290 g/mol. The molecular weight excluding hydrogens is 268 g/mol. The van der Waals surface area contributed by atoms with Gasteiger partial charge in [0.2, 0.25) is 6.29 Å². The summed E-state index contributed by atoms with van der Waals surface area (Å²) in [5.74, 6) is 0.172. The third-order valence-electron chi connectivity index (χ3n) is 4.54. The van der Waals surface area contributed by atoms with Crippen molar-refractivity contribution >= 4 is 5.78 Å². The maximum atomic E-state index is 11.7. The van der Waals surface area contributed by atoms with Crippen LogP contribution in [0.5, 0.6) is 0 Å². The Labute approximate surface area is 125 Å². The number of Topliss-reactive ketones (excluding diaryl/α,β-unsaturated/α-hetero) is 1. The number of aliphatic hydroxyl groups excluding tert-OH is 1. The van der Waals surface area contributed by atoms with E-state index in [4.69, 9.17) is 9.47 Å². The van der Waals surface area contributed by atoms with Crippen LogP contribution in [-0.2, 0) is 20.7 Å². The Morgan fingerprint density at radius 3 is 3.00 bits per heavy atom. The van der Waals surface area contributed by atoms with Gasteiger partial charge in [-0.2, -0.15) is 0 Å². The largest absolute Gasteiger partial charge is 0.389 e. The van der Waals surface area contributed by atoms with E-state index in [1.807, 2.05) is 13.0 Å². The first-order chi connectivity index (χ1) is 10.1. The molecule has 4 nitrogen and oxygen atoms in total. The maximum absolute atomic E-state index is 11.7. The molecule has 114 valence electrons. The molecule has 4 heteroatoms. The van der Waals surface area contributed by atoms with E-state index in [-0.39, 0.29) is 17.8 Å². The normalized spacial score (nSPS) is 29.4. The zero-order chi connectivity index (χ0) is 15.0. The summed E-state index contributed by atoms with van der Waals surface area (Å²) < 4.78 is 11.5. The second-order valence-corrected chi connectivity index (χ2v) is 5.94. The van der Waals surface area contributed by atoms with Crippen LogP contribution in [0.2, 0.25) is 0 Å². The lowest BCUT2D eigenvalue weighted by atomic mass is 9.79. The summed E-state index contributed by atoms with van der Waals surface area (Å²) in [6, 6.07) is 6.14. The number of benzene rings is 1. The van der Waals surface area contributed by atoms with Crippen molar-refractivity contribution in [2.45, 2.75) is 57.5 Å². The highest BCUT2D eigenvalue weighted by molar-refractivity contribution is 5.81. The number of fused-ring (bicyclic) bond motifs is 3. The number of hydrogen-bond acceptors (Lipinski definition) is 4.